The maximum absolute atomic E-state index is 13.3. The minimum atomic E-state index is -0.528. The van der Waals surface area contributed by atoms with Crippen LogP contribution in [0.4, 0.5) is 11.4 Å². The molecule has 0 saturated carbocycles. The second kappa shape index (κ2) is 13.8. The van der Waals surface area contributed by atoms with Gasteiger partial charge in [-0.1, -0.05) is 65.7 Å². The van der Waals surface area contributed by atoms with Gasteiger partial charge in [-0.05, 0) is 79.2 Å². The number of carbonyl (C=O) groups is 3. The fourth-order valence-corrected chi connectivity index (χ4v) is 4.81. The van der Waals surface area contributed by atoms with E-state index in [-0.39, 0.29) is 11.6 Å². The van der Waals surface area contributed by atoms with Gasteiger partial charge in [-0.25, -0.2) is 0 Å². The molecule has 9 heteroatoms. The zero-order valence-electron chi connectivity index (χ0n) is 21.4. The molecule has 202 valence electrons. The topological polar surface area (TPSA) is 87.3 Å². The van der Waals surface area contributed by atoms with Gasteiger partial charge in [0.05, 0.1) is 5.25 Å². The summed E-state index contributed by atoms with van der Waals surface area (Å²) in [6.45, 7) is 1.80. The highest BCUT2D eigenvalue weighted by Gasteiger charge is 2.18. The van der Waals surface area contributed by atoms with E-state index >= 15 is 0 Å². The molecular formula is C31H25Cl2N3O3S. The van der Waals surface area contributed by atoms with Crippen LogP contribution in [0.1, 0.15) is 22.8 Å². The van der Waals surface area contributed by atoms with Gasteiger partial charge in [0.25, 0.3) is 11.8 Å². The Morgan fingerprint density at radius 1 is 0.775 bits per heavy atom. The number of hydrogen-bond acceptors (Lipinski definition) is 4. The van der Waals surface area contributed by atoms with Crippen molar-refractivity contribution >= 4 is 70.1 Å². The van der Waals surface area contributed by atoms with Crippen LogP contribution in [0.5, 0.6) is 0 Å². The molecule has 0 aliphatic carbocycles. The monoisotopic (exact) mass is 589 g/mol. The molecule has 1 unspecified atom stereocenters. The van der Waals surface area contributed by atoms with Gasteiger partial charge in [-0.15, -0.1) is 11.8 Å². The van der Waals surface area contributed by atoms with Crippen molar-refractivity contribution in [2.75, 3.05) is 10.6 Å². The van der Waals surface area contributed by atoms with Gasteiger partial charge in [-0.2, -0.15) is 0 Å². The number of halogens is 2. The third kappa shape index (κ3) is 8.23. The van der Waals surface area contributed by atoms with Crippen LogP contribution in [-0.4, -0.2) is 23.0 Å². The van der Waals surface area contributed by atoms with Crippen LogP contribution in [0.3, 0.4) is 0 Å². The molecule has 4 rings (SSSR count). The van der Waals surface area contributed by atoms with Crippen LogP contribution in [-0.2, 0) is 9.59 Å². The molecule has 0 saturated heterocycles. The summed E-state index contributed by atoms with van der Waals surface area (Å²) in [6.07, 6.45) is 1.53. The van der Waals surface area contributed by atoms with Crippen LogP contribution in [0, 0.1) is 0 Å². The second-order valence-electron chi connectivity index (χ2n) is 8.64. The fourth-order valence-electron chi connectivity index (χ4n) is 3.57. The Morgan fingerprint density at radius 2 is 1.48 bits per heavy atom. The standard InChI is InChI=1S/C31H25Cl2N3O3S/c1-20(29(37)34-24-16-14-23(32)15-17-24)40-26-12-7-11-25(19-26)35-31(39)28(18-22-10-5-6-13-27(22)33)36-30(38)21-8-3-2-4-9-21/h2-20H,1H3,(H,34,37)(H,35,39)(H,36,38)/b28-18+. The summed E-state index contributed by atoms with van der Waals surface area (Å²) in [5.41, 5.74) is 2.16. The third-order valence-electron chi connectivity index (χ3n) is 5.62. The zero-order chi connectivity index (χ0) is 28.5. The SMILES string of the molecule is CC(Sc1cccc(NC(=O)/C(=C\c2ccccc2Cl)NC(=O)c2ccccc2)c1)C(=O)Nc1ccc(Cl)cc1. The number of thioether (sulfide) groups is 1. The Labute approximate surface area is 246 Å². The van der Waals surface area contributed by atoms with Crippen molar-refractivity contribution in [3.8, 4) is 0 Å². The molecule has 3 N–H and O–H groups in total. The van der Waals surface area contributed by atoms with Crippen molar-refractivity contribution in [2.24, 2.45) is 0 Å². The summed E-state index contributed by atoms with van der Waals surface area (Å²) in [6, 6.07) is 29.6. The molecule has 0 bridgehead atoms. The summed E-state index contributed by atoms with van der Waals surface area (Å²) >= 11 is 13.6. The maximum atomic E-state index is 13.3. The molecule has 0 fully saturated rings. The van der Waals surface area contributed by atoms with E-state index in [1.807, 2.05) is 6.07 Å². The first-order chi connectivity index (χ1) is 19.3. The summed E-state index contributed by atoms with van der Waals surface area (Å²) in [4.78, 5) is 39.7. The van der Waals surface area contributed by atoms with Crippen LogP contribution in [0.15, 0.2) is 114 Å². The van der Waals surface area contributed by atoms with E-state index < -0.39 is 17.1 Å². The highest BCUT2D eigenvalue weighted by molar-refractivity contribution is 8.00. The number of carbonyl (C=O) groups excluding carboxylic acids is 3. The lowest BCUT2D eigenvalue weighted by Crippen LogP contribution is -2.30. The van der Waals surface area contributed by atoms with Crippen molar-refractivity contribution in [2.45, 2.75) is 17.1 Å². The highest BCUT2D eigenvalue weighted by Crippen LogP contribution is 2.27. The molecule has 3 amide bonds. The summed E-state index contributed by atoms with van der Waals surface area (Å²) < 4.78 is 0. The average Bonchev–Trinajstić information content (AvgIpc) is 2.95. The van der Waals surface area contributed by atoms with E-state index in [4.69, 9.17) is 23.2 Å². The lowest BCUT2D eigenvalue weighted by atomic mass is 10.1. The van der Waals surface area contributed by atoms with Gasteiger partial charge >= 0.3 is 0 Å². The fraction of sp³-hybridized carbons (Fsp3) is 0.0645. The first-order valence-electron chi connectivity index (χ1n) is 12.3. The smallest absolute Gasteiger partial charge is 0.272 e. The largest absolute Gasteiger partial charge is 0.325 e. The lowest BCUT2D eigenvalue weighted by Gasteiger charge is -2.14. The van der Waals surface area contributed by atoms with Crippen LogP contribution in [0.2, 0.25) is 10.0 Å². The summed E-state index contributed by atoms with van der Waals surface area (Å²) in [5, 5.41) is 9.01. The van der Waals surface area contributed by atoms with Crippen molar-refractivity contribution in [1.82, 2.24) is 5.32 Å². The van der Waals surface area contributed by atoms with Gasteiger partial charge in [0.2, 0.25) is 5.91 Å². The number of benzene rings is 4. The van der Waals surface area contributed by atoms with Gasteiger partial charge in [-0.3, -0.25) is 14.4 Å². The molecule has 0 aliphatic rings. The molecule has 4 aromatic rings. The Bertz CT molecular complexity index is 1540. The van der Waals surface area contributed by atoms with E-state index in [2.05, 4.69) is 16.0 Å². The molecular weight excluding hydrogens is 565 g/mol. The van der Waals surface area contributed by atoms with Crippen LogP contribution in [0.25, 0.3) is 6.08 Å². The van der Waals surface area contributed by atoms with E-state index in [1.165, 1.54) is 17.8 Å². The van der Waals surface area contributed by atoms with E-state index in [9.17, 15) is 14.4 Å². The Balaban J connectivity index is 1.48. The van der Waals surface area contributed by atoms with Crippen molar-refractivity contribution < 1.29 is 14.4 Å². The van der Waals surface area contributed by atoms with Gasteiger partial charge < -0.3 is 16.0 Å². The van der Waals surface area contributed by atoms with Crippen LogP contribution < -0.4 is 16.0 Å². The Kier molecular flexibility index (Phi) is 10.0. The number of anilines is 2. The predicted molar refractivity (Wildman–Crippen MR) is 164 cm³/mol. The van der Waals surface area contributed by atoms with Crippen molar-refractivity contribution in [3.63, 3.8) is 0 Å². The number of amides is 3. The van der Waals surface area contributed by atoms with E-state index in [0.717, 1.165) is 4.90 Å². The summed E-state index contributed by atoms with van der Waals surface area (Å²) in [7, 11) is 0. The normalized spacial score (nSPS) is 11.8. The van der Waals surface area contributed by atoms with Gasteiger partial charge in [0.1, 0.15) is 5.70 Å². The molecule has 0 aromatic heterocycles. The van der Waals surface area contributed by atoms with Crippen LogP contribution >= 0.6 is 35.0 Å². The molecule has 6 nitrogen and oxygen atoms in total. The third-order valence-corrected chi connectivity index (χ3v) is 7.31. The van der Waals surface area contributed by atoms with E-state index in [0.29, 0.717) is 32.5 Å². The minimum Gasteiger partial charge on any atom is -0.325 e. The number of hydrogen-bond donors (Lipinski definition) is 3. The van der Waals surface area contributed by atoms with Crippen molar-refractivity contribution in [3.05, 3.63) is 130 Å². The maximum Gasteiger partial charge on any atom is 0.272 e. The first-order valence-corrected chi connectivity index (χ1v) is 13.9. The highest BCUT2D eigenvalue weighted by atomic mass is 35.5. The Morgan fingerprint density at radius 3 is 2.20 bits per heavy atom. The van der Waals surface area contributed by atoms with Gasteiger partial charge in [0.15, 0.2) is 0 Å². The number of nitrogens with one attached hydrogen (secondary N) is 3. The molecule has 0 heterocycles. The molecule has 0 spiro atoms. The van der Waals surface area contributed by atoms with Gasteiger partial charge in [0, 0.05) is 31.9 Å². The van der Waals surface area contributed by atoms with Crippen molar-refractivity contribution in [1.29, 1.82) is 0 Å². The zero-order valence-corrected chi connectivity index (χ0v) is 23.7. The van der Waals surface area contributed by atoms with E-state index in [1.54, 1.807) is 104 Å². The Hall–Kier alpha value is -4.04. The second-order valence-corrected chi connectivity index (χ2v) is 10.9. The molecule has 4 aromatic carbocycles. The minimum absolute atomic E-state index is 0.0238. The molecule has 0 radical (unpaired) electrons. The molecule has 0 aliphatic heterocycles. The quantitative estimate of drug-likeness (QED) is 0.139. The first kappa shape index (κ1) is 29.0. The predicted octanol–water partition coefficient (Wildman–Crippen LogP) is 7.52. The molecule has 40 heavy (non-hydrogen) atoms. The average molecular weight is 591 g/mol. The number of rotatable bonds is 9. The summed E-state index contributed by atoms with van der Waals surface area (Å²) in [5.74, 6) is -1.13. The lowest BCUT2D eigenvalue weighted by molar-refractivity contribution is -0.115. The molecule has 1 atom stereocenters.